The Balaban J connectivity index is 3.43. The Morgan fingerprint density at radius 2 is 2.14 bits per heavy atom. The fourth-order valence-corrected chi connectivity index (χ4v) is 1.17. The predicted octanol–water partition coefficient (Wildman–Crippen LogP) is 1.76. The summed E-state index contributed by atoms with van der Waals surface area (Å²) in [6.07, 6.45) is 4.33. The van der Waals surface area contributed by atoms with Crippen LogP contribution in [0.4, 0.5) is 0 Å². The van der Waals surface area contributed by atoms with E-state index >= 15 is 0 Å². The van der Waals surface area contributed by atoms with E-state index in [2.05, 4.69) is 13.0 Å². The Bertz CT molecular complexity index is 155. The lowest BCUT2D eigenvalue weighted by molar-refractivity contribution is 0.0908. The molecule has 0 rings (SSSR count). The molecule has 0 radical (unpaired) electrons. The number of hydrogen-bond donors (Lipinski definition) is 1. The van der Waals surface area contributed by atoms with Crippen molar-refractivity contribution in [3.8, 4) is 0 Å². The van der Waals surface area contributed by atoms with Gasteiger partial charge in [0, 0.05) is 13.7 Å². The lowest BCUT2D eigenvalue weighted by Crippen LogP contribution is -2.02. The first-order valence-corrected chi connectivity index (χ1v) is 5.09. The van der Waals surface area contributed by atoms with Gasteiger partial charge in [0.15, 0.2) is 0 Å². The van der Waals surface area contributed by atoms with Crippen LogP contribution in [-0.2, 0) is 9.47 Å². The van der Waals surface area contributed by atoms with Crippen molar-refractivity contribution in [1.82, 2.24) is 0 Å². The molecule has 0 spiro atoms. The molecule has 1 atom stereocenters. The van der Waals surface area contributed by atoms with Gasteiger partial charge in [-0.1, -0.05) is 11.6 Å². The molecule has 84 valence electrons. The van der Waals surface area contributed by atoms with Crippen molar-refractivity contribution in [2.75, 3.05) is 26.9 Å². The van der Waals surface area contributed by atoms with E-state index in [1.165, 1.54) is 5.57 Å². The van der Waals surface area contributed by atoms with Gasteiger partial charge in [0.05, 0.1) is 19.3 Å². The fourth-order valence-electron chi connectivity index (χ4n) is 1.17. The van der Waals surface area contributed by atoms with E-state index in [1.54, 1.807) is 7.11 Å². The second-order valence-electron chi connectivity index (χ2n) is 3.39. The monoisotopic (exact) mass is 202 g/mol. The van der Waals surface area contributed by atoms with Crippen molar-refractivity contribution < 1.29 is 14.6 Å². The Hall–Kier alpha value is -0.380. The average Bonchev–Trinajstić information content (AvgIpc) is 2.17. The van der Waals surface area contributed by atoms with Crippen LogP contribution in [0, 0.1) is 0 Å². The Labute approximate surface area is 86.7 Å². The molecule has 0 aromatic carbocycles. The summed E-state index contributed by atoms with van der Waals surface area (Å²) in [5.41, 5.74) is 1.33. The van der Waals surface area contributed by atoms with E-state index in [1.807, 2.05) is 6.92 Å². The second kappa shape index (κ2) is 9.19. The minimum atomic E-state index is 0.107. The van der Waals surface area contributed by atoms with Crippen LogP contribution in [0.3, 0.4) is 0 Å². The molecule has 0 aromatic heterocycles. The molecule has 0 saturated carbocycles. The van der Waals surface area contributed by atoms with Gasteiger partial charge < -0.3 is 14.6 Å². The number of ether oxygens (including phenoxy) is 2. The van der Waals surface area contributed by atoms with Gasteiger partial charge in [0.2, 0.25) is 0 Å². The molecule has 0 heterocycles. The maximum absolute atomic E-state index is 8.47. The van der Waals surface area contributed by atoms with Crippen molar-refractivity contribution in [2.24, 2.45) is 0 Å². The van der Waals surface area contributed by atoms with Gasteiger partial charge in [0.25, 0.3) is 0 Å². The minimum Gasteiger partial charge on any atom is -0.394 e. The van der Waals surface area contributed by atoms with Gasteiger partial charge in [-0.05, 0) is 26.7 Å². The van der Waals surface area contributed by atoms with Gasteiger partial charge in [-0.15, -0.1) is 0 Å². The van der Waals surface area contributed by atoms with Gasteiger partial charge in [0.1, 0.15) is 0 Å². The highest BCUT2D eigenvalue weighted by molar-refractivity contribution is 5.00. The summed E-state index contributed by atoms with van der Waals surface area (Å²) in [7, 11) is 1.71. The third-order valence-electron chi connectivity index (χ3n) is 1.99. The van der Waals surface area contributed by atoms with Crippen molar-refractivity contribution in [3.05, 3.63) is 11.6 Å². The maximum atomic E-state index is 8.47. The molecule has 3 heteroatoms. The topological polar surface area (TPSA) is 38.7 Å². The molecule has 0 fully saturated rings. The van der Waals surface area contributed by atoms with Crippen LogP contribution in [0.2, 0.25) is 0 Å². The van der Waals surface area contributed by atoms with Crippen LogP contribution in [0.5, 0.6) is 0 Å². The first-order valence-electron chi connectivity index (χ1n) is 5.09. The summed E-state index contributed by atoms with van der Waals surface area (Å²) in [6.45, 7) is 5.38. The maximum Gasteiger partial charge on any atom is 0.0726 e. The third-order valence-corrected chi connectivity index (χ3v) is 1.99. The predicted molar refractivity (Wildman–Crippen MR) is 57.4 cm³/mol. The second-order valence-corrected chi connectivity index (χ2v) is 3.39. The molecule has 0 bridgehead atoms. The molecule has 1 unspecified atom stereocenters. The standard InChI is InChI=1S/C11H22O3/c1-10(9-11(2)13-3)5-4-7-14-8-6-12/h9,11-12H,4-8H2,1-3H3. The number of aliphatic hydroxyl groups excluding tert-OH is 1. The zero-order valence-electron chi connectivity index (χ0n) is 9.45. The fraction of sp³-hybridized carbons (Fsp3) is 0.818. The lowest BCUT2D eigenvalue weighted by Gasteiger charge is -2.06. The molecule has 0 aliphatic carbocycles. The van der Waals surface area contributed by atoms with E-state index in [-0.39, 0.29) is 12.7 Å². The molecule has 14 heavy (non-hydrogen) atoms. The lowest BCUT2D eigenvalue weighted by atomic mass is 10.1. The van der Waals surface area contributed by atoms with E-state index in [0.29, 0.717) is 13.2 Å². The number of hydrogen-bond acceptors (Lipinski definition) is 3. The van der Waals surface area contributed by atoms with Crippen LogP contribution in [-0.4, -0.2) is 38.1 Å². The van der Waals surface area contributed by atoms with Gasteiger partial charge >= 0.3 is 0 Å². The van der Waals surface area contributed by atoms with E-state index in [9.17, 15) is 0 Å². The highest BCUT2D eigenvalue weighted by Crippen LogP contribution is 2.06. The molecule has 3 nitrogen and oxygen atoms in total. The van der Waals surface area contributed by atoms with Crippen molar-refractivity contribution in [1.29, 1.82) is 0 Å². The number of allylic oxidation sites excluding steroid dienone is 1. The van der Waals surface area contributed by atoms with Crippen LogP contribution >= 0.6 is 0 Å². The quantitative estimate of drug-likeness (QED) is 0.481. The SMILES string of the molecule is COC(C)C=C(C)CCCOCCO. The highest BCUT2D eigenvalue weighted by Gasteiger charge is 1.96. The Morgan fingerprint density at radius 1 is 1.43 bits per heavy atom. The molecule has 0 saturated heterocycles. The summed E-state index contributed by atoms with van der Waals surface area (Å²) >= 11 is 0. The molecular weight excluding hydrogens is 180 g/mol. The Kier molecular flexibility index (Phi) is 8.94. The van der Waals surface area contributed by atoms with E-state index in [4.69, 9.17) is 14.6 Å². The summed E-state index contributed by atoms with van der Waals surface area (Å²) in [4.78, 5) is 0. The van der Waals surface area contributed by atoms with Crippen molar-refractivity contribution in [2.45, 2.75) is 32.8 Å². The van der Waals surface area contributed by atoms with E-state index < -0.39 is 0 Å². The van der Waals surface area contributed by atoms with Gasteiger partial charge in [-0.3, -0.25) is 0 Å². The summed E-state index contributed by atoms with van der Waals surface area (Å²) in [6, 6.07) is 0. The van der Waals surface area contributed by atoms with Crippen LogP contribution in [0.15, 0.2) is 11.6 Å². The highest BCUT2D eigenvalue weighted by atomic mass is 16.5. The van der Waals surface area contributed by atoms with Gasteiger partial charge in [-0.2, -0.15) is 0 Å². The number of methoxy groups -OCH3 is 1. The van der Waals surface area contributed by atoms with E-state index in [0.717, 1.165) is 12.8 Å². The number of aliphatic hydroxyl groups is 1. The summed E-state index contributed by atoms with van der Waals surface area (Å²) in [5.74, 6) is 0. The van der Waals surface area contributed by atoms with Crippen molar-refractivity contribution in [3.63, 3.8) is 0 Å². The molecule has 0 aliphatic heterocycles. The van der Waals surface area contributed by atoms with Crippen LogP contribution in [0.1, 0.15) is 26.7 Å². The molecule has 0 amide bonds. The Morgan fingerprint density at radius 3 is 2.71 bits per heavy atom. The van der Waals surface area contributed by atoms with Crippen LogP contribution in [0.25, 0.3) is 0 Å². The summed E-state index contributed by atoms with van der Waals surface area (Å²) in [5, 5.41) is 8.47. The summed E-state index contributed by atoms with van der Waals surface area (Å²) < 4.78 is 10.3. The molecule has 1 N–H and O–H groups in total. The number of rotatable bonds is 8. The first kappa shape index (κ1) is 13.6. The average molecular weight is 202 g/mol. The minimum absolute atomic E-state index is 0.107. The van der Waals surface area contributed by atoms with Crippen molar-refractivity contribution >= 4 is 0 Å². The zero-order chi connectivity index (χ0) is 10.8. The zero-order valence-corrected chi connectivity index (χ0v) is 9.45. The van der Waals surface area contributed by atoms with Crippen LogP contribution < -0.4 is 0 Å². The molecular formula is C11H22O3. The first-order chi connectivity index (χ1) is 6.70. The normalized spacial score (nSPS) is 14.4. The molecule has 0 aliphatic rings. The van der Waals surface area contributed by atoms with Gasteiger partial charge in [-0.25, -0.2) is 0 Å². The third kappa shape index (κ3) is 8.23. The molecule has 0 aromatic rings. The smallest absolute Gasteiger partial charge is 0.0726 e. The largest absolute Gasteiger partial charge is 0.394 e.